The maximum absolute atomic E-state index is 11.9. The van der Waals surface area contributed by atoms with Crippen LogP contribution in [0.3, 0.4) is 0 Å². The average molecular weight is 254 g/mol. The lowest BCUT2D eigenvalue weighted by Crippen LogP contribution is -2.11. The summed E-state index contributed by atoms with van der Waals surface area (Å²) < 4.78 is 0. The van der Waals surface area contributed by atoms with E-state index in [-0.39, 0.29) is 11.6 Å². The van der Waals surface area contributed by atoms with Gasteiger partial charge in [-0.3, -0.25) is 9.78 Å². The van der Waals surface area contributed by atoms with Crippen LogP contribution in [0.4, 0.5) is 5.69 Å². The van der Waals surface area contributed by atoms with E-state index in [4.69, 9.17) is 0 Å². The van der Waals surface area contributed by atoms with Gasteiger partial charge in [0, 0.05) is 23.6 Å². The molecule has 0 saturated carbocycles. The molecule has 0 spiro atoms. The van der Waals surface area contributed by atoms with Crippen molar-refractivity contribution in [3.05, 3.63) is 58.8 Å². The van der Waals surface area contributed by atoms with Gasteiger partial charge >= 0.3 is 5.69 Å². The van der Waals surface area contributed by atoms with Crippen LogP contribution in [0, 0.1) is 0 Å². The van der Waals surface area contributed by atoms with Crippen LogP contribution in [-0.2, 0) is 0 Å². The van der Waals surface area contributed by atoms with Crippen molar-refractivity contribution in [1.29, 1.82) is 0 Å². The van der Waals surface area contributed by atoms with Crippen LogP contribution >= 0.6 is 0 Å². The van der Waals surface area contributed by atoms with Crippen LogP contribution in [0.2, 0.25) is 0 Å². The predicted molar refractivity (Wildman–Crippen MR) is 71.1 cm³/mol. The summed E-state index contributed by atoms with van der Waals surface area (Å²) in [5.41, 5.74) is 2.22. The topological polar surface area (TPSA) is 90.6 Å². The van der Waals surface area contributed by atoms with Crippen LogP contribution in [0.15, 0.2) is 47.5 Å². The Morgan fingerprint density at radius 3 is 2.58 bits per heavy atom. The van der Waals surface area contributed by atoms with E-state index in [1.165, 1.54) is 0 Å². The second kappa shape index (κ2) is 4.41. The highest BCUT2D eigenvalue weighted by atomic mass is 16.2. The minimum absolute atomic E-state index is 0.223. The summed E-state index contributed by atoms with van der Waals surface area (Å²) in [6.45, 7) is 0. The standard InChI is InChI=1S/C13H10N4O2/c18-12(8-3-5-14-6-4-8)15-9-1-2-10-11(7-9)17-13(19)16-10/h1-7H,(H,15,18)(H2,16,17,19). The van der Waals surface area contributed by atoms with Crippen LogP contribution < -0.4 is 11.0 Å². The number of H-pyrrole nitrogens is 2. The van der Waals surface area contributed by atoms with E-state index in [0.717, 1.165) is 0 Å². The molecule has 1 amide bonds. The third-order valence-corrected chi connectivity index (χ3v) is 2.72. The van der Waals surface area contributed by atoms with Crippen LogP contribution in [0.5, 0.6) is 0 Å². The Kier molecular flexibility index (Phi) is 2.60. The van der Waals surface area contributed by atoms with Gasteiger partial charge in [0.1, 0.15) is 0 Å². The van der Waals surface area contributed by atoms with Crippen molar-refractivity contribution < 1.29 is 4.79 Å². The van der Waals surface area contributed by atoms with E-state index < -0.39 is 0 Å². The van der Waals surface area contributed by atoms with Gasteiger partial charge in [0.2, 0.25) is 0 Å². The first-order valence-corrected chi connectivity index (χ1v) is 5.66. The minimum atomic E-state index is -0.271. The highest BCUT2D eigenvalue weighted by Gasteiger charge is 2.06. The molecule has 0 radical (unpaired) electrons. The molecule has 0 bridgehead atoms. The Hall–Kier alpha value is -2.89. The third kappa shape index (κ3) is 2.23. The summed E-state index contributed by atoms with van der Waals surface area (Å²) in [7, 11) is 0. The number of aromatic nitrogens is 3. The molecule has 19 heavy (non-hydrogen) atoms. The number of pyridine rings is 1. The number of imidazole rings is 1. The van der Waals surface area contributed by atoms with Gasteiger partial charge in [0.25, 0.3) is 5.91 Å². The number of carbonyl (C=O) groups excluding carboxylic acids is 1. The zero-order valence-corrected chi connectivity index (χ0v) is 9.81. The monoisotopic (exact) mass is 254 g/mol. The minimum Gasteiger partial charge on any atom is -0.322 e. The molecular formula is C13H10N4O2. The number of fused-ring (bicyclic) bond motifs is 1. The first kappa shape index (κ1) is 11.2. The molecule has 0 fully saturated rings. The second-order valence-corrected chi connectivity index (χ2v) is 4.03. The Balaban J connectivity index is 1.89. The number of amides is 1. The van der Waals surface area contributed by atoms with Gasteiger partial charge in [-0.05, 0) is 30.3 Å². The van der Waals surface area contributed by atoms with E-state index in [1.54, 1.807) is 42.7 Å². The van der Waals surface area contributed by atoms with Crippen molar-refractivity contribution in [3.63, 3.8) is 0 Å². The van der Waals surface area contributed by atoms with Gasteiger partial charge in [-0.2, -0.15) is 0 Å². The van der Waals surface area contributed by atoms with Crippen molar-refractivity contribution in [3.8, 4) is 0 Å². The van der Waals surface area contributed by atoms with Crippen molar-refractivity contribution in [2.24, 2.45) is 0 Å². The highest BCUT2D eigenvalue weighted by Crippen LogP contribution is 2.15. The Morgan fingerprint density at radius 1 is 1.05 bits per heavy atom. The van der Waals surface area contributed by atoms with Crippen molar-refractivity contribution in [2.45, 2.75) is 0 Å². The number of hydrogen-bond donors (Lipinski definition) is 3. The summed E-state index contributed by atoms with van der Waals surface area (Å²) in [5.74, 6) is -0.223. The van der Waals surface area contributed by atoms with Gasteiger partial charge in [-0.1, -0.05) is 0 Å². The summed E-state index contributed by atoms with van der Waals surface area (Å²) >= 11 is 0. The molecule has 0 aliphatic carbocycles. The predicted octanol–water partition coefficient (Wildman–Crippen LogP) is 1.50. The quantitative estimate of drug-likeness (QED) is 0.647. The number of hydrogen-bond acceptors (Lipinski definition) is 3. The number of nitrogens with one attached hydrogen (secondary N) is 3. The summed E-state index contributed by atoms with van der Waals surface area (Å²) in [4.78, 5) is 32.2. The summed E-state index contributed by atoms with van der Waals surface area (Å²) in [5, 5.41) is 2.76. The van der Waals surface area contributed by atoms with Crippen molar-refractivity contribution in [1.82, 2.24) is 15.0 Å². The molecule has 2 heterocycles. The van der Waals surface area contributed by atoms with Gasteiger partial charge in [0.15, 0.2) is 0 Å². The van der Waals surface area contributed by atoms with Crippen LogP contribution in [-0.4, -0.2) is 20.9 Å². The lowest BCUT2D eigenvalue weighted by Gasteiger charge is -2.04. The molecule has 6 nitrogen and oxygen atoms in total. The molecule has 1 aromatic carbocycles. The molecule has 94 valence electrons. The van der Waals surface area contributed by atoms with Crippen molar-refractivity contribution >= 4 is 22.6 Å². The zero-order chi connectivity index (χ0) is 13.2. The molecule has 0 saturated heterocycles. The van der Waals surface area contributed by atoms with Gasteiger partial charge in [0.05, 0.1) is 11.0 Å². The second-order valence-electron chi connectivity index (χ2n) is 4.03. The Labute approximate surface area is 107 Å². The number of benzene rings is 1. The molecule has 0 unspecified atom stereocenters. The fourth-order valence-electron chi connectivity index (χ4n) is 1.82. The maximum Gasteiger partial charge on any atom is 0.323 e. The summed E-state index contributed by atoms with van der Waals surface area (Å²) in [6.07, 6.45) is 3.11. The van der Waals surface area contributed by atoms with E-state index in [9.17, 15) is 9.59 Å². The SMILES string of the molecule is O=C(Nc1ccc2[nH]c(=O)[nH]c2c1)c1ccncc1. The Bertz CT molecular complexity index is 789. The molecule has 3 aromatic rings. The van der Waals surface area contributed by atoms with Crippen molar-refractivity contribution in [2.75, 3.05) is 5.32 Å². The lowest BCUT2D eigenvalue weighted by molar-refractivity contribution is 0.102. The zero-order valence-electron chi connectivity index (χ0n) is 9.81. The van der Waals surface area contributed by atoms with Gasteiger partial charge < -0.3 is 15.3 Å². The number of nitrogens with zero attached hydrogens (tertiary/aromatic N) is 1. The van der Waals surface area contributed by atoms with E-state index in [2.05, 4.69) is 20.3 Å². The number of rotatable bonds is 2. The first-order chi connectivity index (χ1) is 9.22. The summed E-state index contributed by atoms with van der Waals surface area (Å²) in [6, 6.07) is 8.42. The highest BCUT2D eigenvalue weighted by molar-refractivity contribution is 6.04. The van der Waals surface area contributed by atoms with Crippen LogP contribution in [0.1, 0.15) is 10.4 Å². The fourth-order valence-corrected chi connectivity index (χ4v) is 1.82. The average Bonchev–Trinajstić information content (AvgIpc) is 2.79. The Morgan fingerprint density at radius 2 is 1.79 bits per heavy atom. The first-order valence-electron chi connectivity index (χ1n) is 5.66. The number of aromatic amines is 2. The molecular weight excluding hydrogens is 244 g/mol. The van der Waals surface area contributed by atoms with Gasteiger partial charge in [-0.15, -0.1) is 0 Å². The molecule has 0 aliphatic rings. The molecule has 0 atom stereocenters. The lowest BCUT2D eigenvalue weighted by atomic mass is 10.2. The number of anilines is 1. The molecule has 6 heteroatoms. The van der Waals surface area contributed by atoms with E-state index in [0.29, 0.717) is 22.3 Å². The number of carbonyl (C=O) groups is 1. The normalized spacial score (nSPS) is 10.5. The molecule has 0 aliphatic heterocycles. The fraction of sp³-hybridized carbons (Fsp3) is 0. The maximum atomic E-state index is 11.9. The third-order valence-electron chi connectivity index (χ3n) is 2.72. The molecule has 2 aromatic heterocycles. The van der Waals surface area contributed by atoms with E-state index >= 15 is 0 Å². The molecule has 3 rings (SSSR count). The van der Waals surface area contributed by atoms with E-state index in [1.807, 2.05) is 0 Å². The largest absolute Gasteiger partial charge is 0.323 e. The van der Waals surface area contributed by atoms with Crippen LogP contribution in [0.25, 0.3) is 11.0 Å². The smallest absolute Gasteiger partial charge is 0.322 e. The molecule has 3 N–H and O–H groups in total. The van der Waals surface area contributed by atoms with Gasteiger partial charge in [-0.25, -0.2) is 4.79 Å².